The van der Waals surface area contributed by atoms with E-state index >= 15 is 0 Å². The van der Waals surface area contributed by atoms with Crippen molar-refractivity contribution in [3.8, 4) is 11.5 Å². The number of nitrogens with zero attached hydrogens (tertiary/aromatic N) is 1. The largest absolute Gasteiger partial charge is 0.434 e. The van der Waals surface area contributed by atoms with E-state index in [0.717, 1.165) is 22.2 Å². The van der Waals surface area contributed by atoms with Gasteiger partial charge in [-0.05, 0) is 37.1 Å². The number of benzene rings is 2. The second kappa shape index (κ2) is 4.28. The van der Waals surface area contributed by atoms with Crippen molar-refractivity contribution in [2.24, 2.45) is 0 Å². The highest BCUT2D eigenvalue weighted by Crippen LogP contribution is 2.36. The lowest BCUT2D eigenvalue weighted by Gasteiger charge is -2.05. The molecule has 0 aliphatic rings. The van der Waals surface area contributed by atoms with E-state index in [1.54, 1.807) is 0 Å². The Kier molecular flexibility index (Phi) is 2.72. The van der Waals surface area contributed by atoms with E-state index in [-0.39, 0.29) is 0 Å². The molecular formula is C15H13ClN2O. The van der Waals surface area contributed by atoms with Gasteiger partial charge in [0.1, 0.15) is 5.52 Å². The second-order valence-corrected chi connectivity index (χ2v) is 4.92. The summed E-state index contributed by atoms with van der Waals surface area (Å²) in [5, 5.41) is 0.651. The van der Waals surface area contributed by atoms with Gasteiger partial charge >= 0.3 is 0 Å². The molecule has 2 aromatic carbocycles. The van der Waals surface area contributed by atoms with Crippen molar-refractivity contribution in [2.75, 3.05) is 5.73 Å². The molecule has 0 fully saturated rings. The molecule has 4 heteroatoms. The number of rotatable bonds is 1. The molecular weight excluding hydrogens is 260 g/mol. The maximum atomic E-state index is 6.26. The zero-order valence-electron chi connectivity index (χ0n) is 10.7. The van der Waals surface area contributed by atoms with Crippen molar-refractivity contribution in [3.05, 3.63) is 46.5 Å². The Labute approximate surface area is 116 Å². The number of nitrogens with two attached hydrogens (primary N) is 1. The molecule has 19 heavy (non-hydrogen) atoms. The van der Waals surface area contributed by atoms with Crippen LogP contribution in [0.5, 0.6) is 0 Å². The van der Waals surface area contributed by atoms with Gasteiger partial charge in [-0.25, -0.2) is 4.98 Å². The van der Waals surface area contributed by atoms with Gasteiger partial charge in [0.2, 0.25) is 5.89 Å². The van der Waals surface area contributed by atoms with Crippen molar-refractivity contribution in [1.82, 2.24) is 4.98 Å². The lowest BCUT2D eigenvalue weighted by molar-refractivity contribution is 0.621. The third kappa shape index (κ3) is 1.78. The van der Waals surface area contributed by atoms with E-state index in [9.17, 15) is 0 Å². The summed E-state index contributed by atoms with van der Waals surface area (Å²) < 4.78 is 5.81. The summed E-state index contributed by atoms with van der Waals surface area (Å²) in [7, 11) is 0. The molecule has 3 nitrogen and oxygen atoms in total. The lowest BCUT2D eigenvalue weighted by atomic mass is 10.1. The van der Waals surface area contributed by atoms with E-state index in [2.05, 4.69) is 4.98 Å². The number of nitrogen functional groups attached to an aromatic ring is 1. The summed E-state index contributed by atoms with van der Waals surface area (Å²) in [4.78, 5) is 4.51. The van der Waals surface area contributed by atoms with E-state index < -0.39 is 0 Å². The number of aryl methyl sites for hydroxylation is 1. The molecule has 0 aliphatic heterocycles. The van der Waals surface area contributed by atoms with Gasteiger partial charge < -0.3 is 10.2 Å². The number of oxazole rings is 1. The van der Waals surface area contributed by atoms with E-state index in [4.69, 9.17) is 21.8 Å². The van der Waals surface area contributed by atoms with Gasteiger partial charge in [-0.2, -0.15) is 0 Å². The van der Waals surface area contributed by atoms with Crippen LogP contribution in [0.2, 0.25) is 5.02 Å². The van der Waals surface area contributed by atoms with Crippen LogP contribution in [0.25, 0.3) is 22.6 Å². The molecule has 1 heterocycles. The predicted molar refractivity (Wildman–Crippen MR) is 78.3 cm³/mol. The summed E-state index contributed by atoms with van der Waals surface area (Å²) in [5.74, 6) is 0.562. The first kappa shape index (κ1) is 12.1. The maximum absolute atomic E-state index is 6.26. The average Bonchev–Trinajstić information content (AvgIpc) is 2.89. The zero-order valence-corrected chi connectivity index (χ0v) is 11.5. The third-order valence-corrected chi connectivity index (χ3v) is 3.88. The highest BCUT2D eigenvalue weighted by atomic mass is 35.5. The minimum atomic E-state index is 0.556. The SMILES string of the molecule is Cc1c(Cl)c(C)c2nc(-c3ccccc3)oc2c1N. The van der Waals surface area contributed by atoms with Gasteiger partial charge in [0, 0.05) is 5.56 Å². The highest BCUT2D eigenvalue weighted by Gasteiger charge is 2.17. The molecule has 3 rings (SSSR count). The number of halogens is 1. The molecule has 2 N–H and O–H groups in total. The Hall–Kier alpha value is -2.00. The Morgan fingerprint density at radius 2 is 1.79 bits per heavy atom. The molecule has 96 valence electrons. The van der Waals surface area contributed by atoms with Crippen LogP contribution < -0.4 is 5.73 Å². The number of hydrogen-bond acceptors (Lipinski definition) is 3. The van der Waals surface area contributed by atoms with Crippen molar-refractivity contribution in [1.29, 1.82) is 0 Å². The number of hydrogen-bond donors (Lipinski definition) is 1. The Bertz CT molecular complexity index is 718. The fourth-order valence-electron chi connectivity index (χ4n) is 2.13. The molecule has 0 atom stereocenters. The van der Waals surface area contributed by atoms with Gasteiger partial charge in [0.15, 0.2) is 5.58 Å². The summed E-state index contributed by atoms with van der Waals surface area (Å²) in [5.41, 5.74) is 10.6. The Balaban J connectivity index is 2.33. The van der Waals surface area contributed by atoms with Crippen molar-refractivity contribution >= 4 is 28.4 Å². The first-order valence-corrected chi connectivity index (χ1v) is 6.37. The van der Waals surface area contributed by atoms with Crippen LogP contribution >= 0.6 is 11.6 Å². The van der Waals surface area contributed by atoms with Crippen LogP contribution in [0.3, 0.4) is 0 Å². The summed E-state index contributed by atoms with van der Waals surface area (Å²) in [6.07, 6.45) is 0. The maximum Gasteiger partial charge on any atom is 0.227 e. The molecule has 3 aromatic rings. The Morgan fingerprint density at radius 1 is 1.11 bits per heavy atom. The third-order valence-electron chi connectivity index (χ3n) is 3.31. The van der Waals surface area contributed by atoms with Gasteiger partial charge in [0.05, 0.1) is 10.7 Å². The van der Waals surface area contributed by atoms with Crippen molar-refractivity contribution in [3.63, 3.8) is 0 Å². The molecule has 0 saturated heterocycles. The van der Waals surface area contributed by atoms with Crippen LogP contribution in [-0.2, 0) is 0 Å². The molecule has 0 unspecified atom stereocenters. The fourth-order valence-corrected chi connectivity index (χ4v) is 2.33. The number of anilines is 1. The molecule has 0 saturated carbocycles. The van der Waals surface area contributed by atoms with E-state index in [1.165, 1.54) is 0 Å². The molecule has 0 spiro atoms. The van der Waals surface area contributed by atoms with Crippen molar-refractivity contribution < 1.29 is 4.42 Å². The monoisotopic (exact) mass is 272 g/mol. The van der Waals surface area contributed by atoms with Crippen LogP contribution in [0.4, 0.5) is 5.69 Å². The Morgan fingerprint density at radius 3 is 2.47 bits per heavy atom. The van der Waals surface area contributed by atoms with Gasteiger partial charge in [-0.3, -0.25) is 0 Å². The minimum Gasteiger partial charge on any atom is -0.434 e. The smallest absolute Gasteiger partial charge is 0.227 e. The van der Waals surface area contributed by atoms with Gasteiger partial charge in [-0.1, -0.05) is 29.8 Å². The normalized spacial score (nSPS) is 11.1. The van der Waals surface area contributed by atoms with Crippen LogP contribution in [0.15, 0.2) is 34.7 Å². The summed E-state index contributed by atoms with van der Waals surface area (Å²) >= 11 is 6.26. The van der Waals surface area contributed by atoms with Gasteiger partial charge in [0.25, 0.3) is 0 Å². The quantitative estimate of drug-likeness (QED) is 0.670. The average molecular weight is 273 g/mol. The van der Waals surface area contributed by atoms with Crippen LogP contribution in [-0.4, -0.2) is 4.98 Å². The first-order valence-electron chi connectivity index (χ1n) is 5.99. The molecule has 0 bridgehead atoms. The fraction of sp³-hybridized carbons (Fsp3) is 0.133. The van der Waals surface area contributed by atoms with Crippen LogP contribution in [0, 0.1) is 13.8 Å². The minimum absolute atomic E-state index is 0.556. The summed E-state index contributed by atoms with van der Waals surface area (Å²) in [6.45, 7) is 3.81. The molecule has 1 aromatic heterocycles. The molecule has 0 amide bonds. The first-order chi connectivity index (χ1) is 9.09. The topological polar surface area (TPSA) is 52.0 Å². The zero-order chi connectivity index (χ0) is 13.6. The van der Waals surface area contributed by atoms with Gasteiger partial charge in [-0.15, -0.1) is 0 Å². The second-order valence-electron chi connectivity index (χ2n) is 4.54. The standard InChI is InChI=1S/C15H13ClN2O/c1-8-11(16)9(2)13-14(12(8)17)19-15(18-13)10-6-4-3-5-7-10/h3-7H,17H2,1-2H3. The number of fused-ring (bicyclic) bond motifs is 1. The van der Waals surface area contributed by atoms with E-state index in [0.29, 0.717) is 22.2 Å². The predicted octanol–water partition coefficient (Wildman–Crippen LogP) is 4.35. The molecule has 0 radical (unpaired) electrons. The summed E-state index contributed by atoms with van der Waals surface area (Å²) in [6, 6.07) is 9.74. The lowest BCUT2D eigenvalue weighted by Crippen LogP contribution is -1.93. The van der Waals surface area contributed by atoms with Crippen molar-refractivity contribution in [2.45, 2.75) is 13.8 Å². The highest BCUT2D eigenvalue weighted by molar-refractivity contribution is 6.33. The van der Waals surface area contributed by atoms with Crippen LogP contribution in [0.1, 0.15) is 11.1 Å². The number of aromatic nitrogens is 1. The molecule has 0 aliphatic carbocycles. The van der Waals surface area contributed by atoms with E-state index in [1.807, 2.05) is 44.2 Å².